The van der Waals surface area contributed by atoms with Crippen LogP contribution in [0, 0.1) is 0 Å². The molecule has 4 heteroatoms. The zero-order chi connectivity index (χ0) is 12.3. The van der Waals surface area contributed by atoms with Gasteiger partial charge in [-0.05, 0) is 25.7 Å². The molecule has 1 aliphatic carbocycles. The van der Waals surface area contributed by atoms with Crippen LogP contribution in [0.4, 0.5) is 0 Å². The highest BCUT2D eigenvalue weighted by Gasteiger charge is 2.31. The number of rotatable bonds is 7. The van der Waals surface area contributed by atoms with Gasteiger partial charge in [-0.3, -0.25) is 0 Å². The predicted molar refractivity (Wildman–Crippen MR) is 68.7 cm³/mol. The van der Waals surface area contributed by atoms with Crippen LogP contribution in [-0.4, -0.2) is 14.8 Å². The summed E-state index contributed by atoms with van der Waals surface area (Å²) in [5, 5.41) is 8.67. The van der Waals surface area contributed by atoms with E-state index in [2.05, 4.69) is 28.6 Å². The third-order valence-corrected chi connectivity index (χ3v) is 3.65. The number of hydrogen-bond donors (Lipinski definition) is 1. The molecule has 0 aliphatic heterocycles. The number of nitrogens with zero attached hydrogens (tertiary/aromatic N) is 3. The van der Waals surface area contributed by atoms with Crippen molar-refractivity contribution in [3.63, 3.8) is 0 Å². The second kappa shape index (κ2) is 5.63. The molecule has 2 N–H and O–H groups in total. The van der Waals surface area contributed by atoms with E-state index in [9.17, 15) is 0 Å². The van der Waals surface area contributed by atoms with Gasteiger partial charge in [-0.1, -0.05) is 26.7 Å². The van der Waals surface area contributed by atoms with Gasteiger partial charge < -0.3 is 10.3 Å². The molecule has 1 aliphatic rings. The molecule has 1 aromatic heterocycles. The van der Waals surface area contributed by atoms with E-state index >= 15 is 0 Å². The Morgan fingerprint density at radius 2 is 2.12 bits per heavy atom. The fraction of sp³-hybridized carbons (Fsp3) is 0.846. The average molecular weight is 236 g/mol. The standard InChI is InChI=1S/C13H24N4/c1-3-5-6-10(4-2)13-16-15-12(9-14)17(13)11-7-8-11/h10-11H,3-9,14H2,1-2H3. The van der Waals surface area contributed by atoms with Crippen molar-refractivity contribution in [3.05, 3.63) is 11.6 Å². The first kappa shape index (κ1) is 12.6. The van der Waals surface area contributed by atoms with Crippen LogP contribution in [0.25, 0.3) is 0 Å². The molecule has 1 atom stereocenters. The smallest absolute Gasteiger partial charge is 0.147 e. The van der Waals surface area contributed by atoms with Gasteiger partial charge in [0.15, 0.2) is 0 Å². The van der Waals surface area contributed by atoms with Crippen molar-refractivity contribution in [1.82, 2.24) is 14.8 Å². The van der Waals surface area contributed by atoms with Gasteiger partial charge in [-0.2, -0.15) is 0 Å². The summed E-state index contributed by atoms with van der Waals surface area (Å²) in [6, 6.07) is 0.634. The van der Waals surface area contributed by atoms with E-state index in [0.29, 0.717) is 18.5 Å². The topological polar surface area (TPSA) is 56.7 Å². The Morgan fingerprint density at radius 1 is 1.35 bits per heavy atom. The van der Waals surface area contributed by atoms with E-state index in [-0.39, 0.29) is 0 Å². The van der Waals surface area contributed by atoms with Gasteiger partial charge >= 0.3 is 0 Å². The molecule has 4 nitrogen and oxygen atoms in total. The molecule has 0 amide bonds. The molecule has 2 rings (SSSR count). The van der Waals surface area contributed by atoms with Gasteiger partial charge in [0.05, 0.1) is 6.54 Å². The van der Waals surface area contributed by atoms with Crippen molar-refractivity contribution < 1.29 is 0 Å². The van der Waals surface area contributed by atoms with Crippen LogP contribution in [-0.2, 0) is 6.54 Å². The molecule has 96 valence electrons. The lowest BCUT2D eigenvalue weighted by Gasteiger charge is -2.16. The van der Waals surface area contributed by atoms with Crippen molar-refractivity contribution >= 4 is 0 Å². The molecule has 0 radical (unpaired) electrons. The lowest BCUT2D eigenvalue weighted by Crippen LogP contribution is -2.12. The molecular weight excluding hydrogens is 212 g/mol. The van der Waals surface area contributed by atoms with Crippen LogP contribution in [0.2, 0.25) is 0 Å². The van der Waals surface area contributed by atoms with Crippen molar-refractivity contribution in [1.29, 1.82) is 0 Å². The lowest BCUT2D eigenvalue weighted by molar-refractivity contribution is 0.507. The molecule has 1 heterocycles. The Hall–Kier alpha value is -0.900. The second-order valence-corrected chi connectivity index (χ2v) is 5.03. The van der Waals surface area contributed by atoms with E-state index in [1.165, 1.54) is 37.9 Å². The maximum atomic E-state index is 5.75. The second-order valence-electron chi connectivity index (χ2n) is 5.03. The van der Waals surface area contributed by atoms with Crippen LogP contribution in [0.15, 0.2) is 0 Å². The minimum absolute atomic E-state index is 0.508. The summed E-state index contributed by atoms with van der Waals surface area (Å²) in [5.74, 6) is 2.71. The van der Waals surface area contributed by atoms with Crippen LogP contribution in [0.5, 0.6) is 0 Å². The van der Waals surface area contributed by atoms with Gasteiger partial charge in [0.2, 0.25) is 0 Å². The van der Waals surface area contributed by atoms with Gasteiger partial charge in [-0.15, -0.1) is 10.2 Å². The van der Waals surface area contributed by atoms with Gasteiger partial charge in [0.1, 0.15) is 11.6 Å². The lowest BCUT2D eigenvalue weighted by atomic mass is 9.98. The normalized spacial score (nSPS) is 17.4. The Morgan fingerprint density at radius 3 is 2.65 bits per heavy atom. The highest BCUT2D eigenvalue weighted by molar-refractivity contribution is 5.07. The van der Waals surface area contributed by atoms with Gasteiger partial charge in [0.25, 0.3) is 0 Å². The molecule has 0 aromatic carbocycles. The average Bonchev–Trinajstić information content (AvgIpc) is 3.11. The Kier molecular flexibility index (Phi) is 4.15. The summed E-state index contributed by atoms with van der Waals surface area (Å²) in [5.41, 5.74) is 5.75. The Balaban J connectivity index is 2.20. The summed E-state index contributed by atoms with van der Waals surface area (Å²) >= 11 is 0. The van der Waals surface area contributed by atoms with Crippen LogP contribution in [0.1, 0.15) is 76.0 Å². The highest BCUT2D eigenvalue weighted by Crippen LogP contribution is 2.39. The largest absolute Gasteiger partial charge is 0.324 e. The fourth-order valence-electron chi connectivity index (χ4n) is 2.45. The molecule has 0 saturated heterocycles. The zero-order valence-corrected chi connectivity index (χ0v) is 11.0. The molecular formula is C13H24N4. The van der Waals surface area contributed by atoms with Crippen molar-refractivity contribution in [3.8, 4) is 0 Å². The molecule has 1 saturated carbocycles. The monoisotopic (exact) mass is 236 g/mol. The molecule has 1 aromatic rings. The Labute approximate surface area is 104 Å². The maximum Gasteiger partial charge on any atom is 0.147 e. The van der Waals surface area contributed by atoms with Crippen molar-refractivity contribution in [2.24, 2.45) is 5.73 Å². The van der Waals surface area contributed by atoms with Crippen molar-refractivity contribution in [2.45, 2.75) is 70.9 Å². The maximum absolute atomic E-state index is 5.75. The summed E-state index contributed by atoms with van der Waals surface area (Å²) in [6.45, 7) is 4.99. The van der Waals surface area contributed by atoms with Gasteiger partial charge in [-0.25, -0.2) is 0 Å². The summed E-state index contributed by atoms with van der Waals surface area (Å²) < 4.78 is 2.32. The van der Waals surface area contributed by atoms with E-state index < -0.39 is 0 Å². The van der Waals surface area contributed by atoms with Gasteiger partial charge in [0, 0.05) is 12.0 Å². The Bertz CT molecular complexity index is 354. The molecule has 1 fully saturated rings. The fourth-order valence-corrected chi connectivity index (χ4v) is 2.45. The zero-order valence-electron chi connectivity index (χ0n) is 11.0. The summed E-state index contributed by atoms with van der Waals surface area (Å²) in [7, 11) is 0. The van der Waals surface area contributed by atoms with E-state index in [0.717, 1.165) is 12.2 Å². The van der Waals surface area contributed by atoms with Crippen LogP contribution in [0.3, 0.4) is 0 Å². The summed E-state index contributed by atoms with van der Waals surface area (Å²) in [4.78, 5) is 0. The minimum Gasteiger partial charge on any atom is -0.324 e. The quantitative estimate of drug-likeness (QED) is 0.792. The number of hydrogen-bond acceptors (Lipinski definition) is 3. The predicted octanol–water partition coefficient (Wildman–Crippen LogP) is 2.76. The third kappa shape index (κ3) is 2.68. The first-order valence-corrected chi connectivity index (χ1v) is 6.95. The van der Waals surface area contributed by atoms with Crippen molar-refractivity contribution in [2.75, 3.05) is 0 Å². The van der Waals surface area contributed by atoms with Crippen LogP contribution < -0.4 is 5.73 Å². The highest BCUT2D eigenvalue weighted by atomic mass is 15.3. The molecule has 0 spiro atoms. The number of unbranched alkanes of at least 4 members (excludes halogenated alkanes) is 1. The first-order chi connectivity index (χ1) is 8.31. The van der Waals surface area contributed by atoms with E-state index in [1.807, 2.05) is 0 Å². The summed E-state index contributed by atoms with van der Waals surface area (Å²) in [6.07, 6.45) is 7.42. The number of nitrogens with two attached hydrogens (primary N) is 1. The SMILES string of the molecule is CCCCC(CC)c1nnc(CN)n1C1CC1. The van der Waals surface area contributed by atoms with E-state index in [1.54, 1.807) is 0 Å². The van der Waals surface area contributed by atoms with Crippen LogP contribution >= 0.6 is 0 Å². The third-order valence-electron chi connectivity index (χ3n) is 3.65. The first-order valence-electron chi connectivity index (χ1n) is 6.95. The van der Waals surface area contributed by atoms with E-state index in [4.69, 9.17) is 5.73 Å². The number of aromatic nitrogens is 3. The molecule has 0 bridgehead atoms. The molecule has 17 heavy (non-hydrogen) atoms. The molecule has 1 unspecified atom stereocenters. The minimum atomic E-state index is 0.508.